The molecule has 0 aliphatic rings. The van der Waals surface area contributed by atoms with Crippen molar-refractivity contribution in [3.8, 4) is 5.75 Å². The predicted octanol–water partition coefficient (Wildman–Crippen LogP) is 3.10. The first kappa shape index (κ1) is 12.9. The van der Waals surface area contributed by atoms with Crippen LogP contribution < -0.4 is 10.5 Å². The van der Waals surface area contributed by atoms with E-state index in [1.54, 1.807) is 0 Å². The molecule has 3 nitrogen and oxygen atoms in total. The van der Waals surface area contributed by atoms with Crippen molar-refractivity contribution >= 4 is 21.6 Å². The largest absolute Gasteiger partial charge is 0.489 e. The molecule has 4 heteroatoms. The van der Waals surface area contributed by atoms with Crippen LogP contribution in [0, 0.1) is 0 Å². The molecule has 0 radical (unpaired) electrons. The highest BCUT2D eigenvalue weighted by molar-refractivity contribution is 9.10. The standard InChI is InChI=1S/C14H14BrNO2/c15-12-3-6-14(11(7-12)8-17)18-9-10-1-4-13(16)5-2-10/h1-7,17H,8-9,16H2. The van der Waals surface area contributed by atoms with Crippen molar-refractivity contribution < 1.29 is 9.84 Å². The number of aliphatic hydroxyl groups excluding tert-OH is 1. The second-order valence-electron chi connectivity index (χ2n) is 3.94. The fourth-order valence-corrected chi connectivity index (χ4v) is 2.00. The minimum absolute atomic E-state index is 0.0451. The number of aliphatic hydroxyl groups is 1. The first-order valence-electron chi connectivity index (χ1n) is 5.55. The fourth-order valence-electron chi connectivity index (χ4n) is 1.59. The van der Waals surface area contributed by atoms with Crippen molar-refractivity contribution in [2.75, 3.05) is 5.73 Å². The lowest BCUT2D eigenvalue weighted by atomic mass is 10.2. The van der Waals surface area contributed by atoms with Crippen molar-refractivity contribution in [1.82, 2.24) is 0 Å². The van der Waals surface area contributed by atoms with E-state index in [9.17, 15) is 5.11 Å². The topological polar surface area (TPSA) is 55.5 Å². The Morgan fingerprint density at radius 3 is 2.50 bits per heavy atom. The zero-order valence-corrected chi connectivity index (χ0v) is 11.4. The molecule has 0 atom stereocenters. The van der Waals surface area contributed by atoms with Gasteiger partial charge in [-0.3, -0.25) is 0 Å². The summed E-state index contributed by atoms with van der Waals surface area (Å²) < 4.78 is 6.61. The minimum atomic E-state index is -0.0451. The van der Waals surface area contributed by atoms with E-state index >= 15 is 0 Å². The van der Waals surface area contributed by atoms with E-state index in [1.165, 1.54) is 0 Å². The molecule has 18 heavy (non-hydrogen) atoms. The lowest BCUT2D eigenvalue weighted by Crippen LogP contribution is -1.99. The Hall–Kier alpha value is -1.52. The summed E-state index contributed by atoms with van der Waals surface area (Å²) in [6, 6.07) is 13.1. The van der Waals surface area contributed by atoms with E-state index in [1.807, 2.05) is 42.5 Å². The maximum absolute atomic E-state index is 9.26. The van der Waals surface area contributed by atoms with Crippen LogP contribution in [0.4, 0.5) is 5.69 Å². The molecule has 3 N–H and O–H groups in total. The van der Waals surface area contributed by atoms with Crippen molar-refractivity contribution in [3.05, 3.63) is 58.1 Å². The molecule has 0 aliphatic heterocycles. The minimum Gasteiger partial charge on any atom is -0.489 e. The maximum Gasteiger partial charge on any atom is 0.125 e. The first-order valence-corrected chi connectivity index (χ1v) is 6.35. The smallest absolute Gasteiger partial charge is 0.125 e. The third-order valence-corrected chi connectivity index (χ3v) is 3.06. The molecule has 0 saturated carbocycles. The van der Waals surface area contributed by atoms with Crippen LogP contribution in [-0.4, -0.2) is 5.11 Å². The molecule has 0 aromatic heterocycles. The highest BCUT2D eigenvalue weighted by atomic mass is 79.9. The molecule has 0 aliphatic carbocycles. The summed E-state index contributed by atoms with van der Waals surface area (Å²) in [5.74, 6) is 0.692. The Morgan fingerprint density at radius 2 is 1.83 bits per heavy atom. The average molecular weight is 308 g/mol. The molecule has 0 unspecified atom stereocenters. The van der Waals surface area contributed by atoms with E-state index in [2.05, 4.69) is 15.9 Å². The molecule has 2 aromatic carbocycles. The molecule has 0 fully saturated rings. The molecule has 0 heterocycles. The van der Waals surface area contributed by atoms with Gasteiger partial charge in [0.1, 0.15) is 12.4 Å². The number of halogens is 1. The van der Waals surface area contributed by atoms with Gasteiger partial charge in [-0.05, 0) is 35.9 Å². The number of anilines is 1. The van der Waals surface area contributed by atoms with Crippen molar-refractivity contribution in [3.63, 3.8) is 0 Å². The van der Waals surface area contributed by atoms with Crippen LogP contribution in [0.25, 0.3) is 0 Å². The van der Waals surface area contributed by atoms with Crippen molar-refractivity contribution in [1.29, 1.82) is 0 Å². The normalized spacial score (nSPS) is 10.3. The number of hydrogen-bond donors (Lipinski definition) is 2. The van der Waals surface area contributed by atoms with Crippen LogP contribution in [0.3, 0.4) is 0 Å². The summed E-state index contributed by atoms with van der Waals surface area (Å²) in [6.45, 7) is 0.408. The van der Waals surface area contributed by atoms with Gasteiger partial charge in [0.2, 0.25) is 0 Å². The molecule has 2 aromatic rings. The zero-order valence-electron chi connectivity index (χ0n) is 9.77. The van der Waals surface area contributed by atoms with Gasteiger partial charge in [0.15, 0.2) is 0 Å². The summed E-state index contributed by atoms with van der Waals surface area (Å²) in [5, 5.41) is 9.26. The van der Waals surface area contributed by atoms with E-state index < -0.39 is 0 Å². The highest BCUT2D eigenvalue weighted by Gasteiger charge is 2.04. The van der Waals surface area contributed by atoms with Gasteiger partial charge in [-0.2, -0.15) is 0 Å². The lowest BCUT2D eigenvalue weighted by molar-refractivity contribution is 0.259. The number of nitrogen functional groups attached to an aromatic ring is 1. The summed E-state index contributed by atoms with van der Waals surface area (Å²) in [5.41, 5.74) is 8.15. The second kappa shape index (κ2) is 5.89. The van der Waals surface area contributed by atoms with Gasteiger partial charge in [0, 0.05) is 15.7 Å². The van der Waals surface area contributed by atoms with E-state index in [0.29, 0.717) is 12.4 Å². The number of nitrogens with two attached hydrogens (primary N) is 1. The van der Waals surface area contributed by atoms with E-state index in [0.717, 1.165) is 21.3 Å². The quantitative estimate of drug-likeness (QED) is 0.853. The van der Waals surface area contributed by atoms with Gasteiger partial charge in [0.25, 0.3) is 0 Å². The molecule has 0 bridgehead atoms. The number of rotatable bonds is 4. The fraction of sp³-hybridized carbons (Fsp3) is 0.143. The van der Waals surface area contributed by atoms with Gasteiger partial charge in [-0.25, -0.2) is 0 Å². The molecular weight excluding hydrogens is 294 g/mol. The zero-order chi connectivity index (χ0) is 13.0. The predicted molar refractivity (Wildman–Crippen MR) is 75.3 cm³/mol. The summed E-state index contributed by atoms with van der Waals surface area (Å²) in [7, 11) is 0. The number of hydrogen-bond acceptors (Lipinski definition) is 3. The molecule has 0 amide bonds. The number of ether oxygens (including phenoxy) is 1. The van der Waals surface area contributed by atoms with Gasteiger partial charge >= 0.3 is 0 Å². The second-order valence-corrected chi connectivity index (χ2v) is 4.86. The average Bonchev–Trinajstić information content (AvgIpc) is 2.39. The van der Waals surface area contributed by atoms with E-state index in [4.69, 9.17) is 10.5 Å². The molecule has 0 saturated heterocycles. The highest BCUT2D eigenvalue weighted by Crippen LogP contribution is 2.24. The Balaban J connectivity index is 2.08. The first-order chi connectivity index (χ1) is 8.69. The lowest BCUT2D eigenvalue weighted by Gasteiger charge is -2.10. The third-order valence-electron chi connectivity index (χ3n) is 2.57. The van der Waals surface area contributed by atoms with Crippen LogP contribution in [0.1, 0.15) is 11.1 Å². The SMILES string of the molecule is Nc1ccc(COc2ccc(Br)cc2CO)cc1. The van der Waals surface area contributed by atoms with Gasteiger partial charge in [-0.15, -0.1) is 0 Å². The monoisotopic (exact) mass is 307 g/mol. The van der Waals surface area contributed by atoms with Gasteiger partial charge < -0.3 is 15.6 Å². The van der Waals surface area contributed by atoms with Crippen LogP contribution in [0.2, 0.25) is 0 Å². The molecule has 94 valence electrons. The Labute approximate surface area is 114 Å². The Kier molecular flexibility index (Phi) is 4.23. The molecular formula is C14H14BrNO2. The Morgan fingerprint density at radius 1 is 1.11 bits per heavy atom. The summed E-state index contributed by atoms with van der Waals surface area (Å²) in [6.07, 6.45) is 0. The van der Waals surface area contributed by atoms with Crippen LogP contribution in [0.5, 0.6) is 5.75 Å². The third kappa shape index (κ3) is 3.24. The van der Waals surface area contributed by atoms with Gasteiger partial charge in [-0.1, -0.05) is 28.1 Å². The van der Waals surface area contributed by atoms with Crippen LogP contribution >= 0.6 is 15.9 Å². The van der Waals surface area contributed by atoms with Crippen LogP contribution in [-0.2, 0) is 13.2 Å². The van der Waals surface area contributed by atoms with E-state index in [-0.39, 0.29) is 6.61 Å². The molecule has 0 spiro atoms. The Bertz CT molecular complexity index is 526. The maximum atomic E-state index is 9.26. The van der Waals surface area contributed by atoms with Crippen molar-refractivity contribution in [2.45, 2.75) is 13.2 Å². The number of benzene rings is 2. The molecule has 2 rings (SSSR count). The summed E-state index contributed by atoms with van der Waals surface area (Å²) in [4.78, 5) is 0. The van der Waals surface area contributed by atoms with Crippen LogP contribution in [0.15, 0.2) is 46.9 Å². The summed E-state index contributed by atoms with van der Waals surface area (Å²) >= 11 is 3.36. The van der Waals surface area contributed by atoms with Crippen molar-refractivity contribution in [2.24, 2.45) is 0 Å². The van der Waals surface area contributed by atoms with Gasteiger partial charge in [0.05, 0.1) is 6.61 Å².